The van der Waals surface area contributed by atoms with Crippen LogP contribution in [0.1, 0.15) is 22.8 Å². The monoisotopic (exact) mass is 264 g/mol. The van der Waals surface area contributed by atoms with Crippen LogP contribution in [0.25, 0.3) is 0 Å². The second-order valence-corrected chi connectivity index (χ2v) is 4.15. The summed E-state index contributed by atoms with van der Waals surface area (Å²) in [5, 5.41) is 8.86. The van der Waals surface area contributed by atoms with E-state index < -0.39 is 11.8 Å². The van der Waals surface area contributed by atoms with Gasteiger partial charge in [0.1, 0.15) is 5.82 Å². The lowest BCUT2D eigenvalue weighted by Gasteiger charge is -2.04. The third kappa shape index (κ3) is 2.73. The van der Waals surface area contributed by atoms with E-state index in [1.165, 1.54) is 21.3 Å². The summed E-state index contributed by atoms with van der Waals surface area (Å²) < 4.78 is 16.2. The lowest BCUT2D eigenvalue weighted by Crippen LogP contribution is -2.23. The number of benzene rings is 1. The molecule has 0 aliphatic rings. The lowest BCUT2D eigenvalue weighted by molar-refractivity contribution is 0.0696. The Morgan fingerprint density at radius 1 is 1.26 bits per heavy atom. The third-order valence-corrected chi connectivity index (χ3v) is 2.82. The van der Waals surface area contributed by atoms with Crippen LogP contribution >= 0.6 is 0 Å². The maximum Gasteiger partial charge on any atom is 0.335 e. The fourth-order valence-corrected chi connectivity index (χ4v) is 1.88. The van der Waals surface area contributed by atoms with Gasteiger partial charge in [0, 0.05) is 18.9 Å². The third-order valence-electron chi connectivity index (χ3n) is 2.82. The van der Waals surface area contributed by atoms with Crippen molar-refractivity contribution in [1.29, 1.82) is 0 Å². The predicted octanol–water partition coefficient (Wildman–Crippen LogP) is 1.56. The fourth-order valence-electron chi connectivity index (χ4n) is 1.88. The van der Waals surface area contributed by atoms with Gasteiger partial charge in [0.25, 0.3) is 0 Å². The maximum atomic E-state index is 13.3. The molecule has 1 N–H and O–H groups in total. The molecule has 0 atom stereocenters. The molecule has 0 bridgehead atoms. The Labute approximate surface area is 108 Å². The molecule has 2 aromatic rings. The molecule has 0 aliphatic heterocycles. The normalized spacial score (nSPS) is 10.6. The largest absolute Gasteiger partial charge is 0.478 e. The Morgan fingerprint density at radius 3 is 2.53 bits per heavy atom. The smallest absolute Gasteiger partial charge is 0.335 e. The molecule has 0 radical (unpaired) electrons. The molecule has 6 heteroatoms. The van der Waals surface area contributed by atoms with Gasteiger partial charge in [-0.2, -0.15) is 0 Å². The number of carboxylic acid groups (broad SMARTS) is 1. The molecule has 1 heterocycles. The van der Waals surface area contributed by atoms with Crippen molar-refractivity contribution in [2.24, 2.45) is 0 Å². The van der Waals surface area contributed by atoms with Gasteiger partial charge in [-0.25, -0.2) is 14.0 Å². The predicted molar refractivity (Wildman–Crippen MR) is 66.8 cm³/mol. The molecular formula is C13H13FN2O3. The van der Waals surface area contributed by atoms with Crippen LogP contribution in [-0.2, 0) is 13.1 Å². The first kappa shape index (κ1) is 13.1. The SMILES string of the molecule is CCn1ccn(Cc2cc(F)cc(C(=O)O)c2)c1=O. The minimum absolute atomic E-state index is 0.127. The average Bonchev–Trinajstić information content (AvgIpc) is 2.70. The van der Waals surface area contributed by atoms with E-state index in [9.17, 15) is 14.0 Å². The zero-order valence-corrected chi connectivity index (χ0v) is 10.3. The van der Waals surface area contributed by atoms with Crippen LogP contribution in [0, 0.1) is 5.82 Å². The first-order valence-electron chi connectivity index (χ1n) is 5.79. The minimum Gasteiger partial charge on any atom is -0.478 e. The van der Waals surface area contributed by atoms with E-state index in [2.05, 4.69) is 0 Å². The van der Waals surface area contributed by atoms with Gasteiger partial charge in [-0.05, 0) is 30.7 Å². The highest BCUT2D eigenvalue weighted by molar-refractivity contribution is 5.87. The number of nitrogens with zero attached hydrogens (tertiary/aromatic N) is 2. The summed E-state index contributed by atoms with van der Waals surface area (Å²) in [6, 6.07) is 3.54. The number of rotatable bonds is 4. The summed E-state index contributed by atoms with van der Waals surface area (Å²) in [4.78, 5) is 22.7. The molecule has 1 aromatic heterocycles. The van der Waals surface area contributed by atoms with E-state index >= 15 is 0 Å². The van der Waals surface area contributed by atoms with Gasteiger partial charge in [-0.1, -0.05) is 0 Å². The van der Waals surface area contributed by atoms with Crippen molar-refractivity contribution in [1.82, 2.24) is 9.13 Å². The second kappa shape index (κ2) is 5.09. The van der Waals surface area contributed by atoms with E-state index in [-0.39, 0.29) is 17.8 Å². The average molecular weight is 264 g/mol. The number of halogens is 1. The van der Waals surface area contributed by atoms with Gasteiger partial charge in [0.2, 0.25) is 0 Å². The summed E-state index contributed by atoms with van der Waals surface area (Å²) in [5.74, 6) is -1.82. The number of aromatic nitrogens is 2. The number of hydrogen-bond acceptors (Lipinski definition) is 2. The molecule has 5 nitrogen and oxygen atoms in total. The minimum atomic E-state index is -1.20. The van der Waals surface area contributed by atoms with Crippen LogP contribution in [0.3, 0.4) is 0 Å². The lowest BCUT2D eigenvalue weighted by atomic mass is 10.1. The van der Waals surface area contributed by atoms with E-state index in [1.54, 1.807) is 12.4 Å². The highest BCUT2D eigenvalue weighted by atomic mass is 19.1. The number of carbonyl (C=O) groups is 1. The van der Waals surface area contributed by atoms with Gasteiger partial charge in [-0.15, -0.1) is 0 Å². The second-order valence-electron chi connectivity index (χ2n) is 4.15. The Balaban J connectivity index is 2.35. The van der Waals surface area contributed by atoms with Crippen molar-refractivity contribution in [2.45, 2.75) is 20.0 Å². The highest BCUT2D eigenvalue weighted by Gasteiger charge is 2.09. The molecule has 0 saturated carbocycles. The molecule has 0 aliphatic carbocycles. The standard InChI is InChI=1S/C13H13FN2O3/c1-2-15-3-4-16(13(15)19)8-9-5-10(12(17)18)7-11(14)6-9/h3-7H,2,8H2,1H3,(H,17,18). The molecule has 1 aromatic carbocycles. The molecular weight excluding hydrogens is 251 g/mol. The number of carboxylic acids is 1. The number of imidazole rings is 1. The van der Waals surface area contributed by atoms with Gasteiger partial charge in [0.05, 0.1) is 12.1 Å². The van der Waals surface area contributed by atoms with E-state index in [0.717, 1.165) is 6.07 Å². The first-order valence-corrected chi connectivity index (χ1v) is 5.79. The van der Waals surface area contributed by atoms with Gasteiger partial charge < -0.3 is 5.11 Å². The quantitative estimate of drug-likeness (QED) is 0.911. The zero-order chi connectivity index (χ0) is 14.0. The Bertz CT molecular complexity index is 673. The number of aryl methyl sites for hydroxylation is 1. The van der Waals surface area contributed by atoms with Crippen molar-refractivity contribution in [3.63, 3.8) is 0 Å². The summed E-state index contributed by atoms with van der Waals surface area (Å²) in [6.45, 7) is 2.54. The molecule has 100 valence electrons. The zero-order valence-electron chi connectivity index (χ0n) is 10.3. The fraction of sp³-hybridized carbons (Fsp3) is 0.231. The van der Waals surface area contributed by atoms with Gasteiger partial charge in [-0.3, -0.25) is 9.13 Å². The molecule has 19 heavy (non-hydrogen) atoms. The first-order chi connectivity index (χ1) is 9.01. The van der Waals surface area contributed by atoms with Gasteiger partial charge in [0.15, 0.2) is 0 Å². The van der Waals surface area contributed by atoms with Crippen LogP contribution in [0.4, 0.5) is 4.39 Å². The van der Waals surface area contributed by atoms with E-state index in [0.29, 0.717) is 12.1 Å². The van der Waals surface area contributed by atoms with Crippen LogP contribution in [-0.4, -0.2) is 20.2 Å². The van der Waals surface area contributed by atoms with Crippen molar-refractivity contribution >= 4 is 5.97 Å². The summed E-state index contributed by atoms with van der Waals surface area (Å²) in [7, 11) is 0. The van der Waals surface area contributed by atoms with Crippen molar-refractivity contribution in [3.05, 3.63) is 58.0 Å². The molecule has 2 rings (SSSR count). The topological polar surface area (TPSA) is 64.2 Å². The Kier molecular flexibility index (Phi) is 3.50. The van der Waals surface area contributed by atoms with Crippen LogP contribution in [0.5, 0.6) is 0 Å². The summed E-state index contributed by atoms with van der Waals surface area (Å²) in [5.41, 5.74) is 0.106. The highest BCUT2D eigenvalue weighted by Crippen LogP contribution is 2.10. The maximum absolute atomic E-state index is 13.3. The Hall–Kier alpha value is -2.37. The number of hydrogen-bond donors (Lipinski definition) is 1. The summed E-state index contributed by atoms with van der Waals surface area (Å²) >= 11 is 0. The molecule has 0 unspecified atom stereocenters. The van der Waals surface area contributed by atoms with Crippen LogP contribution < -0.4 is 5.69 Å². The van der Waals surface area contributed by atoms with Crippen LogP contribution in [0.15, 0.2) is 35.4 Å². The Morgan fingerprint density at radius 2 is 1.95 bits per heavy atom. The van der Waals surface area contributed by atoms with Crippen LogP contribution in [0.2, 0.25) is 0 Å². The molecule has 0 saturated heterocycles. The number of aromatic carboxylic acids is 1. The molecule has 0 fully saturated rings. The molecule has 0 spiro atoms. The van der Waals surface area contributed by atoms with E-state index in [4.69, 9.17) is 5.11 Å². The van der Waals surface area contributed by atoms with Gasteiger partial charge >= 0.3 is 11.7 Å². The van der Waals surface area contributed by atoms with Crippen molar-refractivity contribution < 1.29 is 14.3 Å². The van der Waals surface area contributed by atoms with E-state index in [1.807, 2.05) is 6.92 Å². The molecule has 0 amide bonds. The van der Waals surface area contributed by atoms with Crippen molar-refractivity contribution in [3.8, 4) is 0 Å². The van der Waals surface area contributed by atoms with Crippen molar-refractivity contribution in [2.75, 3.05) is 0 Å². The summed E-state index contributed by atoms with van der Waals surface area (Å²) in [6.07, 6.45) is 3.23.